The van der Waals surface area contributed by atoms with E-state index in [4.69, 9.17) is 20.9 Å². The van der Waals surface area contributed by atoms with Crippen LogP contribution in [-0.4, -0.2) is 56.5 Å². The van der Waals surface area contributed by atoms with E-state index in [0.29, 0.717) is 0 Å². The average Bonchev–Trinajstić information content (AvgIpc) is 2.66. The molecule has 122 valence electrons. The van der Waals surface area contributed by atoms with Gasteiger partial charge in [-0.25, -0.2) is 9.67 Å². The summed E-state index contributed by atoms with van der Waals surface area (Å²) >= 11 is 0. The molecule has 0 amide bonds. The van der Waals surface area contributed by atoms with Gasteiger partial charge >= 0.3 is 0 Å². The van der Waals surface area contributed by atoms with Crippen LogP contribution in [0.1, 0.15) is 13.2 Å². The second-order valence-corrected chi connectivity index (χ2v) is 5.09. The van der Waals surface area contributed by atoms with Crippen LogP contribution in [0.5, 0.6) is 0 Å². The molecule has 2 heterocycles. The maximum Gasteiger partial charge on any atom is 0.240 e. The van der Waals surface area contributed by atoms with Crippen molar-refractivity contribution >= 4 is 11.8 Å². The maximum absolute atomic E-state index is 10.6. The summed E-state index contributed by atoms with van der Waals surface area (Å²) in [4.78, 5) is 7.77. The Kier molecular flexibility index (Phi) is 4.47. The number of hydrogen-bond acceptors (Lipinski definition) is 9. The molecule has 22 heavy (non-hydrogen) atoms. The van der Waals surface area contributed by atoms with Gasteiger partial charge in [-0.2, -0.15) is 4.98 Å². The number of nitrogens with zero attached hydrogens (tertiary/aromatic N) is 4. The molecule has 1 saturated heterocycles. The van der Waals surface area contributed by atoms with Crippen molar-refractivity contribution in [1.29, 1.82) is 0 Å². The van der Waals surface area contributed by atoms with Crippen LogP contribution in [0.2, 0.25) is 0 Å². The van der Waals surface area contributed by atoms with Crippen molar-refractivity contribution in [1.82, 2.24) is 14.8 Å². The Bertz CT molecular complexity index is 629. The minimum Gasteiger partial charge on any atom is -0.387 e. The highest BCUT2D eigenvalue weighted by Crippen LogP contribution is 2.37. The molecular weight excluding hydrogens is 292 g/mol. The van der Waals surface area contributed by atoms with Crippen LogP contribution in [-0.2, 0) is 9.47 Å². The van der Waals surface area contributed by atoms with E-state index in [1.807, 2.05) is 0 Å². The van der Waals surface area contributed by atoms with E-state index in [1.54, 1.807) is 0 Å². The second kappa shape index (κ2) is 6.01. The zero-order valence-electron chi connectivity index (χ0n) is 12.4. The van der Waals surface area contributed by atoms with Gasteiger partial charge < -0.3 is 31.2 Å². The number of ether oxygens (including phenoxy) is 2. The number of nitrogen functional groups attached to an aromatic ring is 2. The predicted octanol–water partition coefficient (Wildman–Crippen LogP) is -1.86. The Morgan fingerprint density at radius 1 is 1.59 bits per heavy atom. The lowest BCUT2D eigenvalue weighted by Gasteiger charge is -2.27. The molecule has 0 aliphatic carbocycles. The molecule has 1 fully saturated rings. The molecule has 6 N–H and O–H groups in total. The third kappa shape index (κ3) is 2.68. The van der Waals surface area contributed by atoms with E-state index in [-0.39, 0.29) is 23.9 Å². The molecule has 0 unspecified atom stereocenters. The van der Waals surface area contributed by atoms with Crippen molar-refractivity contribution in [2.24, 2.45) is 4.99 Å². The number of rotatable bonds is 4. The molecular formula is C12H20N6O4. The Morgan fingerprint density at radius 3 is 2.86 bits per heavy atom. The molecule has 1 aliphatic heterocycles. The van der Waals surface area contributed by atoms with E-state index in [9.17, 15) is 10.2 Å². The van der Waals surface area contributed by atoms with E-state index in [2.05, 4.69) is 21.7 Å². The fourth-order valence-corrected chi connectivity index (χ4v) is 2.35. The number of methoxy groups -OCH3 is 1. The topological polar surface area (TPSA) is 154 Å². The summed E-state index contributed by atoms with van der Waals surface area (Å²) in [6.07, 6.45) is -1.77. The molecule has 0 spiro atoms. The first-order chi connectivity index (χ1) is 10.3. The van der Waals surface area contributed by atoms with Crippen molar-refractivity contribution in [3.05, 3.63) is 18.3 Å². The molecule has 0 aromatic carbocycles. The zero-order valence-corrected chi connectivity index (χ0v) is 12.4. The number of anilines is 2. The molecule has 0 radical (unpaired) electrons. The normalized spacial score (nSPS) is 32.4. The summed E-state index contributed by atoms with van der Waals surface area (Å²) < 4.78 is 11.8. The van der Waals surface area contributed by atoms with Crippen molar-refractivity contribution in [3.63, 3.8) is 0 Å². The number of aliphatic hydroxyl groups is 2. The SMILES string of the molecule is C=CN=c1c(N)nc(N)nn1[C@@H]1O[C@H](COC)[C@@H](O)[C@@]1(C)O. The molecule has 1 aliphatic rings. The van der Waals surface area contributed by atoms with Gasteiger partial charge in [-0.05, 0) is 6.92 Å². The Balaban J connectivity index is 2.56. The van der Waals surface area contributed by atoms with Crippen LogP contribution in [0.3, 0.4) is 0 Å². The largest absolute Gasteiger partial charge is 0.387 e. The fourth-order valence-electron chi connectivity index (χ4n) is 2.35. The van der Waals surface area contributed by atoms with Crippen molar-refractivity contribution in [3.8, 4) is 0 Å². The van der Waals surface area contributed by atoms with Crippen LogP contribution in [0, 0.1) is 0 Å². The van der Waals surface area contributed by atoms with Crippen LogP contribution >= 0.6 is 0 Å². The van der Waals surface area contributed by atoms with Gasteiger partial charge in [-0.1, -0.05) is 6.58 Å². The van der Waals surface area contributed by atoms with Gasteiger partial charge in [0.15, 0.2) is 17.5 Å². The Morgan fingerprint density at radius 2 is 2.27 bits per heavy atom. The van der Waals surface area contributed by atoms with E-state index < -0.39 is 24.0 Å². The van der Waals surface area contributed by atoms with Gasteiger partial charge in [0.25, 0.3) is 0 Å². The minimum absolute atomic E-state index is 0.00326. The lowest BCUT2D eigenvalue weighted by molar-refractivity contribution is -0.105. The summed E-state index contributed by atoms with van der Waals surface area (Å²) in [6, 6.07) is 0. The lowest BCUT2D eigenvalue weighted by atomic mass is 9.97. The Labute approximate surface area is 126 Å². The molecule has 0 bridgehead atoms. The highest BCUT2D eigenvalue weighted by atomic mass is 16.6. The first kappa shape index (κ1) is 16.4. The van der Waals surface area contributed by atoms with Gasteiger partial charge in [0.1, 0.15) is 17.8 Å². The highest BCUT2D eigenvalue weighted by molar-refractivity contribution is 5.29. The van der Waals surface area contributed by atoms with Gasteiger partial charge in [0, 0.05) is 13.3 Å². The molecule has 10 heteroatoms. The molecule has 10 nitrogen and oxygen atoms in total. The number of nitrogens with two attached hydrogens (primary N) is 2. The van der Waals surface area contributed by atoms with Crippen molar-refractivity contribution in [2.75, 3.05) is 25.2 Å². The Hall–Kier alpha value is -2.01. The number of aromatic nitrogens is 3. The van der Waals surface area contributed by atoms with Gasteiger partial charge in [0.05, 0.1) is 6.61 Å². The third-order valence-electron chi connectivity index (χ3n) is 3.41. The molecule has 1 aromatic heterocycles. The number of hydrogen-bond donors (Lipinski definition) is 4. The summed E-state index contributed by atoms with van der Waals surface area (Å²) in [5, 5.41) is 24.8. The van der Waals surface area contributed by atoms with Gasteiger partial charge in [-0.15, -0.1) is 5.10 Å². The average molecular weight is 312 g/mol. The van der Waals surface area contributed by atoms with E-state index >= 15 is 0 Å². The molecule has 1 aromatic rings. The maximum atomic E-state index is 10.6. The summed E-state index contributed by atoms with van der Waals surface area (Å²) in [6.45, 7) is 5.00. The van der Waals surface area contributed by atoms with Gasteiger partial charge in [-0.3, -0.25) is 0 Å². The molecule has 0 saturated carbocycles. The van der Waals surface area contributed by atoms with Crippen molar-refractivity contribution < 1.29 is 19.7 Å². The zero-order chi connectivity index (χ0) is 16.5. The van der Waals surface area contributed by atoms with E-state index in [0.717, 1.165) is 0 Å². The van der Waals surface area contributed by atoms with Crippen LogP contribution < -0.4 is 17.0 Å². The van der Waals surface area contributed by atoms with Crippen LogP contribution in [0.4, 0.5) is 11.8 Å². The lowest BCUT2D eigenvalue weighted by Crippen LogP contribution is -2.47. The summed E-state index contributed by atoms with van der Waals surface area (Å²) in [7, 11) is 1.46. The number of aliphatic hydroxyl groups excluding tert-OH is 1. The van der Waals surface area contributed by atoms with Crippen LogP contribution in [0.15, 0.2) is 17.8 Å². The third-order valence-corrected chi connectivity index (χ3v) is 3.41. The summed E-state index contributed by atoms with van der Waals surface area (Å²) in [5.74, 6) is -0.124. The first-order valence-electron chi connectivity index (χ1n) is 6.54. The summed E-state index contributed by atoms with van der Waals surface area (Å²) in [5.41, 5.74) is 9.82. The monoisotopic (exact) mass is 312 g/mol. The quantitative estimate of drug-likeness (QED) is 0.505. The van der Waals surface area contributed by atoms with E-state index in [1.165, 1.54) is 24.9 Å². The first-order valence-corrected chi connectivity index (χ1v) is 6.54. The molecule has 4 atom stereocenters. The molecule has 2 rings (SSSR count). The smallest absolute Gasteiger partial charge is 0.240 e. The second-order valence-electron chi connectivity index (χ2n) is 5.09. The predicted molar refractivity (Wildman–Crippen MR) is 77.0 cm³/mol. The highest BCUT2D eigenvalue weighted by Gasteiger charge is 2.53. The van der Waals surface area contributed by atoms with Crippen molar-refractivity contribution in [2.45, 2.75) is 31.0 Å². The standard InChI is InChI=1S/C12H20N6O4/c1-4-15-9-8(13)16-11(14)17-18(9)10-12(2,20)7(19)6(22-10)5-21-3/h4,6-7,10,19-20H,1,5H2,2-3H3,(H4,13,14,16,17)/t6-,7-,10-,12-/m1/s1. The minimum atomic E-state index is -1.66. The fraction of sp³-hybridized carbons (Fsp3) is 0.583. The van der Waals surface area contributed by atoms with Gasteiger partial charge in [0.2, 0.25) is 5.95 Å². The van der Waals surface area contributed by atoms with Crippen LogP contribution in [0.25, 0.3) is 0 Å².